The van der Waals surface area contributed by atoms with Gasteiger partial charge in [0.1, 0.15) is 22.2 Å². The molecular formula is C27H18F7NO5S. The maximum absolute atomic E-state index is 13.4. The number of carbonyl (C=O) groups is 1. The first-order valence-electron chi connectivity index (χ1n) is 11.5. The Balaban J connectivity index is 1.67. The number of benzene rings is 3. The molecule has 216 valence electrons. The van der Waals surface area contributed by atoms with Crippen molar-refractivity contribution < 1.29 is 52.5 Å². The predicted octanol–water partition coefficient (Wildman–Crippen LogP) is 7.07. The summed E-state index contributed by atoms with van der Waals surface area (Å²) in [5.41, 5.74) is -3.96. The van der Waals surface area contributed by atoms with E-state index in [1.807, 2.05) is 0 Å². The molecule has 1 aromatic heterocycles. The summed E-state index contributed by atoms with van der Waals surface area (Å²) in [6.45, 7) is -0.729. The Bertz CT molecular complexity index is 1600. The van der Waals surface area contributed by atoms with Gasteiger partial charge in [-0.2, -0.15) is 34.8 Å². The third-order valence-electron chi connectivity index (χ3n) is 5.63. The van der Waals surface area contributed by atoms with Crippen LogP contribution in [0.2, 0.25) is 0 Å². The SMILES string of the molecule is O=C(c1cc(C(F)(F)F)cc(C(F)(F)F)c1)N(Cc1cccc(OS(=O)(=O)c2ccc(F)cc2)c1)Cc1ccco1. The minimum Gasteiger partial charge on any atom is -0.467 e. The average molecular weight is 601 g/mol. The van der Waals surface area contributed by atoms with Crippen LogP contribution in [0.4, 0.5) is 30.7 Å². The fourth-order valence-electron chi connectivity index (χ4n) is 3.74. The fraction of sp³-hybridized carbons (Fsp3) is 0.148. The summed E-state index contributed by atoms with van der Waals surface area (Å²) in [6.07, 6.45) is -9.06. The van der Waals surface area contributed by atoms with Crippen LogP contribution in [0.15, 0.2) is 94.4 Å². The quantitative estimate of drug-likeness (QED) is 0.160. The lowest BCUT2D eigenvalue weighted by atomic mass is 10.0. The van der Waals surface area contributed by atoms with E-state index < -0.39 is 50.9 Å². The fourth-order valence-corrected chi connectivity index (χ4v) is 4.67. The highest BCUT2D eigenvalue weighted by Gasteiger charge is 2.38. The molecule has 4 rings (SSSR count). The average Bonchev–Trinajstić information content (AvgIpc) is 3.40. The van der Waals surface area contributed by atoms with Gasteiger partial charge in [-0.3, -0.25) is 4.79 Å². The Morgan fingerprint density at radius 2 is 1.44 bits per heavy atom. The molecule has 0 aliphatic carbocycles. The van der Waals surface area contributed by atoms with Crippen molar-refractivity contribution in [2.24, 2.45) is 0 Å². The summed E-state index contributed by atoms with van der Waals surface area (Å²) in [6, 6.07) is 12.6. The van der Waals surface area contributed by atoms with Gasteiger partial charge in [-0.25, -0.2) is 4.39 Å². The van der Waals surface area contributed by atoms with Crippen molar-refractivity contribution in [1.29, 1.82) is 0 Å². The van der Waals surface area contributed by atoms with Crippen LogP contribution in [0.5, 0.6) is 5.75 Å². The topological polar surface area (TPSA) is 76.8 Å². The molecule has 0 aliphatic rings. The lowest BCUT2D eigenvalue weighted by Gasteiger charge is -2.23. The largest absolute Gasteiger partial charge is 0.467 e. The van der Waals surface area contributed by atoms with Crippen molar-refractivity contribution in [1.82, 2.24) is 4.90 Å². The standard InChI is InChI=1S/C27H18F7NO5S/c28-21-6-8-24(9-7-21)41(37,38)40-22-4-1-3-17(11-22)15-35(16-23-5-2-10-39-23)25(36)18-12-19(26(29,30)31)14-20(13-18)27(32,33)34/h1-14H,15-16H2. The van der Waals surface area contributed by atoms with Crippen LogP contribution in [-0.4, -0.2) is 19.2 Å². The first-order chi connectivity index (χ1) is 19.1. The second-order valence-electron chi connectivity index (χ2n) is 8.67. The van der Waals surface area contributed by atoms with Crippen LogP contribution >= 0.6 is 0 Å². The number of nitrogens with zero attached hydrogens (tertiary/aromatic N) is 1. The van der Waals surface area contributed by atoms with Crippen LogP contribution in [0.25, 0.3) is 0 Å². The van der Waals surface area contributed by atoms with Gasteiger partial charge in [0.25, 0.3) is 5.91 Å². The molecule has 4 aromatic rings. The van der Waals surface area contributed by atoms with E-state index in [0.29, 0.717) is 12.1 Å². The maximum Gasteiger partial charge on any atom is 0.416 e. The zero-order valence-electron chi connectivity index (χ0n) is 20.5. The zero-order chi connectivity index (χ0) is 30.0. The van der Waals surface area contributed by atoms with E-state index >= 15 is 0 Å². The lowest BCUT2D eigenvalue weighted by molar-refractivity contribution is -0.143. The van der Waals surface area contributed by atoms with Gasteiger partial charge in [-0.05, 0) is 72.3 Å². The summed E-state index contributed by atoms with van der Waals surface area (Å²) in [5, 5.41) is 0. The molecule has 14 heteroatoms. The van der Waals surface area contributed by atoms with Gasteiger partial charge in [0.2, 0.25) is 0 Å². The third-order valence-corrected chi connectivity index (χ3v) is 6.89. The zero-order valence-corrected chi connectivity index (χ0v) is 21.4. The Morgan fingerprint density at radius 1 is 0.805 bits per heavy atom. The molecule has 1 heterocycles. The molecule has 0 bridgehead atoms. The summed E-state index contributed by atoms with van der Waals surface area (Å²) in [5.74, 6) is -1.89. The molecule has 0 unspecified atom stereocenters. The van der Waals surface area contributed by atoms with Crippen LogP contribution in [0, 0.1) is 5.82 Å². The summed E-state index contributed by atoms with van der Waals surface area (Å²) in [4.78, 5) is 13.9. The van der Waals surface area contributed by atoms with Gasteiger partial charge in [0.05, 0.1) is 23.9 Å². The normalized spacial score (nSPS) is 12.3. The van der Waals surface area contributed by atoms with Gasteiger partial charge in [0.15, 0.2) is 0 Å². The molecule has 0 fully saturated rings. The van der Waals surface area contributed by atoms with E-state index in [2.05, 4.69) is 0 Å². The maximum atomic E-state index is 13.4. The Kier molecular flexibility index (Phi) is 8.15. The third kappa shape index (κ3) is 7.45. The summed E-state index contributed by atoms with van der Waals surface area (Å²) < 4.78 is 129. The van der Waals surface area contributed by atoms with Gasteiger partial charge in [-0.1, -0.05) is 12.1 Å². The van der Waals surface area contributed by atoms with Gasteiger partial charge in [0, 0.05) is 12.1 Å². The van der Waals surface area contributed by atoms with Crippen molar-refractivity contribution >= 4 is 16.0 Å². The van der Waals surface area contributed by atoms with E-state index in [1.165, 1.54) is 42.7 Å². The molecule has 1 amide bonds. The lowest BCUT2D eigenvalue weighted by Crippen LogP contribution is -2.30. The van der Waals surface area contributed by atoms with Crippen LogP contribution < -0.4 is 4.18 Å². The van der Waals surface area contributed by atoms with E-state index in [0.717, 1.165) is 29.2 Å². The molecule has 0 N–H and O–H groups in total. The minimum atomic E-state index is -5.16. The number of hydrogen-bond donors (Lipinski definition) is 0. The molecule has 41 heavy (non-hydrogen) atoms. The molecule has 6 nitrogen and oxygen atoms in total. The first-order valence-corrected chi connectivity index (χ1v) is 12.9. The Morgan fingerprint density at radius 3 is 2.00 bits per heavy atom. The van der Waals surface area contributed by atoms with Gasteiger partial charge in [-0.15, -0.1) is 0 Å². The summed E-state index contributed by atoms with van der Waals surface area (Å²) in [7, 11) is -4.39. The Hall–Kier alpha value is -4.33. The van der Waals surface area contributed by atoms with Crippen molar-refractivity contribution in [3.63, 3.8) is 0 Å². The van der Waals surface area contributed by atoms with Crippen molar-refractivity contribution in [2.45, 2.75) is 30.3 Å². The highest BCUT2D eigenvalue weighted by atomic mass is 32.2. The van der Waals surface area contributed by atoms with E-state index in [4.69, 9.17) is 8.60 Å². The monoisotopic (exact) mass is 601 g/mol. The number of hydrogen-bond acceptors (Lipinski definition) is 5. The first kappa shape index (κ1) is 29.6. The van der Waals surface area contributed by atoms with Crippen LogP contribution in [0.1, 0.15) is 32.8 Å². The molecule has 0 atom stereocenters. The van der Waals surface area contributed by atoms with E-state index in [1.54, 1.807) is 0 Å². The Labute approximate surface area is 228 Å². The molecule has 3 aromatic carbocycles. The molecule has 0 saturated carbocycles. The second kappa shape index (κ2) is 11.3. The predicted molar refractivity (Wildman–Crippen MR) is 129 cm³/mol. The number of carbonyl (C=O) groups excluding carboxylic acids is 1. The van der Waals surface area contributed by atoms with Gasteiger partial charge < -0.3 is 13.5 Å². The van der Waals surface area contributed by atoms with Crippen LogP contribution in [-0.2, 0) is 35.6 Å². The molecule has 0 spiro atoms. The number of alkyl halides is 6. The highest BCUT2D eigenvalue weighted by molar-refractivity contribution is 7.87. The van der Waals surface area contributed by atoms with Crippen molar-refractivity contribution in [3.05, 3.63) is 119 Å². The van der Waals surface area contributed by atoms with Crippen molar-refractivity contribution in [2.75, 3.05) is 0 Å². The number of halogens is 7. The molecule has 0 saturated heterocycles. The number of furan rings is 1. The second-order valence-corrected chi connectivity index (χ2v) is 10.2. The number of amides is 1. The van der Waals surface area contributed by atoms with E-state index in [9.17, 15) is 43.9 Å². The molecule has 0 aliphatic heterocycles. The van der Waals surface area contributed by atoms with E-state index in [-0.39, 0.29) is 41.1 Å². The molecule has 0 radical (unpaired) electrons. The minimum absolute atomic E-state index is 0.0873. The van der Waals surface area contributed by atoms with Crippen LogP contribution in [0.3, 0.4) is 0 Å². The van der Waals surface area contributed by atoms with Crippen molar-refractivity contribution in [3.8, 4) is 5.75 Å². The number of rotatable bonds is 8. The molecular weight excluding hydrogens is 583 g/mol. The smallest absolute Gasteiger partial charge is 0.416 e. The summed E-state index contributed by atoms with van der Waals surface area (Å²) >= 11 is 0. The highest BCUT2D eigenvalue weighted by Crippen LogP contribution is 2.37. The van der Waals surface area contributed by atoms with Gasteiger partial charge >= 0.3 is 22.5 Å².